The molecule has 0 aliphatic heterocycles. The molecule has 0 unspecified atom stereocenters. The Morgan fingerprint density at radius 2 is 1.88 bits per heavy atom. The molecule has 0 fully saturated rings. The van der Waals surface area contributed by atoms with Crippen LogP contribution in [0.3, 0.4) is 0 Å². The van der Waals surface area contributed by atoms with Gasteiger partial charge in [0.05, 0.1) is 12.9 Å². The van der Waals surface area contributed by atoms with Gasteiger partial charge in [-0.1, -0.05) is 12.1 Å². The molecule has 2 N–H and O–H groups in total. The number of benzene rings is 1. The lowest BCUT2D eigenvalue weighted by molar-refractivity contribution is 0.0924. The van der Waals surface area contributed by atoms with E-state index in [0.29, 0.717) is 37.4 Å². The average molecular weight is 330 g/mol. The van der Waals surface area contributed by atoms with Crippen LogP contribution in [0.2, 0.25) is 0 Å². The molecule has 0 aliphatic rings. The van der Waals surface area contributed by atoms with Crippen molar-refractivity contribution < 1.29 is 18.7 Å². The average Bonchev–Trinajstić information content (AvgIpc) is 3.01. The number of hydrogen-bond donors (Lipinski definition) is 2. The maximum atomic E-state index is 12.1. The molecule has 0 bridgehead atoms. The summed E-state index contributed by atoms with van der Waals surface area (Å²) in [5.74, 6) is -0.0498. The molecule has 2 amide bonds. The van der Waals surface area contributed by atoms with Crippen LogP contribution in [0.15, 0.2) is 41.0 Å². The highest BCUT2D eigenvalue weighted by Crippen LogP contribution is 2.08. The van der Waals surface area contributed by atoms with Crippen LogP contribution >= 0.6 is 0 Å². The van der Waals surface area contributed by atoms with Crippen molar-refractivity contribution in [3.8, 4) is 0 Å². The van der Waals surface area contributed by atoms with Crippen LogP contribution in [0.25, 0.3) is 0 Å². The summed E-state index contributed by atoms with van der Waals surface area (Å²) < 4.78 is 10.2. The molecular weight excluding hydrogens is 308 g/mol. The molecule has 0 atom stereocenters. The van der Waals surface area contributed by atoms with Crippen molar-refractivity contribution in [2.75, 3.05) is 20.2 Å². The number of carbonyl (C=O) groups excluding carboxylic acids is 2. The normalized spacial score (nSPS) is 10.4. The van der Waals surface area contributed by atoms with Gasteiger partial charge in [0.25, 0.3) is 11.8 Å². The predicted molar refractivity (Wildman–Crippen MR) is 89.9 cm³/mol. The second kappa shape index (κ2) is 8.88. The molecule has 6 nitrogen and oxygen atoms in total. The Hall–Kier alpha value is -2.60. The zero-order valence-electron chi connectivity index (χ0n) is 13.9. The number of nitrogens with one attached hydrogen (secondary N) is 2. The fraction of sp³-hybridized carbons (Fsp3) is 0.333. The molecule has 0 aliphatic carbocycles. The summed E-state index contributed by atoms with van der Waals surface area (Å²) in [6.07, 6.45) is 2.12. The summed E-state index contributed by atoms with van der Waals surface area (Å²) in [4.78, 5) is 23.9. The third-order valence-electron chi connectivity index (χ3n) is 3.49. The van der Waals surface area contributed by atoms with E-state index in [2.05, 4.69) is 10.6 Å². The van der Waals surface area contributed by atoms with Gasteiger partial charge in [0, 0.05) is 31.3 Å². The third kappa shape index (κ3) is 4.96. The van der Waals surface area contributed by atoms with Gasteiger partial charge in [-0.05, 0) is 37.1 Å². The van der Waals surface area contributed by atoms with Crippen molar-refractivity contribution in [3.05, 3.63) is 59.0 Å². The van der Waals surface area contributed by atoms with Crippen molar-refractivity contribution >= 4 is 11.8 Å². The van der Waals surface area contributed by atoms with Gasteiger partial charge in [0.1, 0.15) is 0 Å². The molecule has 6 heteroatoms. The van der Waals surface area contributed by atoms with Gasteiger partial charge >= 0.3 is 0 Å². The summed E-state index contributed by atoms with van der Waals surface area (Å²) in [7, 11) is 1.62. The molecular formula is C18H22N2O4. The number of hydrogen-bond acceptors (Lipinski definition) is 4. The topological polar surface area (TPSA) is 80.6 Å². The number of aryl methyl sites for hydroxylation is 1. The molecule has 0 saturated heterocycles. The minimum absolute atomic E-state index is 0.138. The van der Waals surface area contributed by atoms with Gasteiger partial charge in [-0.25, -0.2) is 0 Å². The Kier molecular flexibility index (Phi) is 6.57. The molecule has 1 aromatic heterocycles. The van der Waals surface area contributed by atoms with Crippen LogP contribution in [0.5, 0.6) is 0 Å². The number of amides is 2. The first-order chi connectivity index (χ1) is 11.6. The SMILES string of the molecule is COCc1cccc(C(=O)NCCCNC(=O)c2occc2C)c1. The smallest absolute Gasteiger partial charge is 0.287 e. The predicted octanol–water partition coefficient (Wildman–Crippen LogP) is 2.28. The monoisotopic (exact) mass is 330 g/mol. The fourth-order valence-corrected chi connectivity index (χ4v) is 2.25. The summed E-state index contributed by atoms with van der Waals surface area (Å²) in [6.45, 7) is 3.23. The van der Waals surface area contributed by atoms with E-state index in [1.54, 1.807) is 25.3 Å². The van der Waals surface area contributed by atoms with E-state index in [4.69, 9.17) is 9.15 Å². The highest BCUT2D eigenvalue weighted by atomic mass is 16.5. The first kappa shape index (κ1) is 17.7. The summed E-state index contributed by atoms with van der Waals surface area (Å²) in [5, 5.41) is 5.60. The van der Waals surface area contributed by atoms with E-state index in [0.717, 1.165) is 11.1 Å². The van der Waals surface area contributed by atoms with E-state index in [9.17, 15) is 9.59 Å². The van der Waals surface area contributed by atoms with Gasteiger partial charge in [0.2, 0.25) is 0 Å². The van der Waals surface area contributed by atoms with E-state index in [1.807, 2.05) is 19.1 Å². The Morgan fingerprint density at radius 1 is 1.12 bits per heavy atom. The Labute approximate surface area is 141 Å². The van der Waals surface area contributed by atoms with Gasteiger partial charge in [-0.15, -0.1) is 0 Å². The van der Waals surface area contributed by atoms with Crippen LogP contribution in [-0.4, -0.2) is 32.0 Å². The van der Waals surface area contributed by atoms with Crippen molar-refractivity contribution in [3.63, 3.8) is 0 Å². The van der Waals surface area contributed by atoms with Crippen molar-refractivity contribution in [2.45, 2.75) is 20.0 Å². The van der Waals surface area contributed by atoms with E-state index in [1.165, 1.54) is 6.26 Å². The van der Waals surface area contributed by atoms with Gasteiger partial charge in [-0.2, -0.15) is 0 Å². The molecule has 1 aromatic carbocycles. The third-order valence-corrected chi connectivity index (χ3v) is 3.49. The Morgan fingerprint density at radius 3 is 2.54 bits per heavy atom. The maximum Gasteiger partial charge on any atom is 0.287 e. The van der Waals surface area contributed by atoms with Crippen LogP contribution in [0, 0.1) is 6.92 Å². The molecule has 0 spiro atoms. The van der Waals surface area contributed by atoms with Crippen molar-refractivity contribution in [2.24, 2.45) is 0 Å². The summed E-state index contributed by atoms with van der Waals surface area (Å²) >= 11 is 0. The van der Waals surface area contributed by atoms with E-state index >= 15 is 0 Å². The number of carbonyl (C=O) groups is 2. The van der Waals surface area contributed by atoms with Gasteiger partial charge < -0.3 is 19.8 Å². The number of furan rings is 1. The zero-order valence-corrected chi connectivity index (χ0v) is 13.9. The van der Waals surface area contributed by atoms with Gasteiger partial charge in [-0.3, -0.25) is 9.59 Å². The lowest BCUT2D eigenvalue weighted by Crippen LogP contribution is -2.30. The Balaban J connectivity index is 1.70. The molecule has 0 saturated carbocycles. The second-order valence-electron chi connectivity index (χ2n) is 5.43. The molecule has 1 heterocycles. The van der Waals surface area contributed by atoms with Crippen molar-refractivity contribution in [1.29, 1.82) is 0 Å². The highest BCUT2D eigenvalue weighted by molar-refractivity contribution is 5.94. The molecule has 24 heavy (non-hydrogen) atoms. The molecule has 2 aromatic rings. The minimum Gasteiger partial charge on any atom is -0.459 e. The van der Waals surface area contributed by atoms with Crippen LogP contribution in [-0.2, 0) is 11.3 Å². The molecule has 2 rings (SSSR count). The standard InChI is InChI=1S/C18H22N2O4/c1-13-7-10-24-16(13)18(22)20-9-4-8-19-17(21)15-6-3-5-14(11-15)12-23-2/h3,5-7,10-11H,4,8-9,12H2,1-2H3,(H,19,21)(H,20,22). The molecule has 0 radical (unpaired) electrons. The number of methoxy groups -OCH3 is 1. The molecule has 128 valence electrons. The fourth-order valence-electron chi connectivity index (χ4n) is 2.25. The lowest BCUT2D eigenvalue weighted by Gasteiger charge is -2.07. The van der Waals surface area contributed by atoms with Crippen LogP contribution in [0.1, 0.15) is 38.5 Å². The summed E-state index contributed by atoms with van der Waals surface area (Å²) in [5.41, 5.74) is 2.35. The van der Waals surface area contributed by atoms with Gasteiger partial charge in [0.15, 0.2) is 5.76 Å². The van der Waals surface area contributed by atoms with Crippen LogP contribution in [0.4, 0.5) is 0 Å². The zero-order chi connectivity index (χ0) is 17.4. The summed E-state index contributed by atoms with van der Waals surface area (Å²) in [6, 6.07) is 9.05. The van der Waals surface area contributed by atoms with Crippen molar-refractivity contribution in [1.82, 2.24) is 10.6 Å². The minimum atomic E-state index is -0.240. The first-order valence-electron chi connectivity index (χ1n) is 7.80. The van der Waals surface area contributed by atoms with Crippen LogP contribution < -0.4 is 10.6 Å². The van der Waals surface area contributed by atoms with E-state index in [-0.39, 0.29) is 11.8 Å². The van der Waals surface area contributed by atoms with E-state index < -0.39 is 0 Å². The first-order valence-corrected chi connectivity index (χ1v) is 7.80. The lowest BCUT2D eigenvalue weighted by atomic mass is 10.1. The largest absolute Gasteiger partial charge is 0.459 e. The maximum absolute atomic E-state index is 12.1. The highest BCUT2D eigenvalue weighted by Gasteiger charge is 2.11. The Bertz CT molecular complexity index is 694. The second-order valence-corrected chi connectivity index (χ2v) is 5.43. The number of rotatable bonds is 8. The number of ether oxygens (including phenoxy) is 1. The quantitative estimate of drug-likeness (QED) is 0.728.